The van der Waals surface area contributed by atoms with Crippen molar-refractivity contribution in [2.45, 2.75) is 20.0 Å². The summed E-state index contributed by atoms with van der Waals surface area (Å²) in [6.07, 6.45) is -0.756. The van der Waals surface area contributed by atoms with Gasteiger partial charge in [-0.2, -0.15) is 5.10 Å². The maximum absolute atomic E-state index is 12.5. The first-order valence-corrected chi connectivity index (χ1v) is 8.74. The molecule has 26 heavy (non-hydrogen) atoms. The van der Waals surface area contributed by atoms with E-state index in [1.807, 2.05) is 37.3 Å². The Bertz CT molecular complexity index is 926. The van der Waals surface area contributed by atoms with Crippen LogP contribution in [0, 0.1) is 6.92 Å². The van der Waals surface area contributed by atoms with Crippen LogP contribution in [0.4, 0.5) is 5.82 Å². The summed E-state index contributed by atoms with van der Waals surface area (Å²) >= 11 is 12.0. The minimum absolute atomic E-state index is 0.312. The van der Waals surface area contributed by atoms with Gasteiger partial charge in [-0.25, -0.2) is 4.68 Å². The van der Waals surface area contributed by atoms with Crippen molar-refractivity contribution >= 4 is 34.9 Å². The van der Waals surface area contributed by atoms with Crippen LogP contribution in [0.15, 0.2) is 54.6 Å². The molecule has 7 heteroatoms. The number of nitrogens with zero attached hydrogens (tertiary/aromatic N) is 2. The summed E-state index contributed by atoms with van der Waals surface area (Å²) in [6.45, 7) is 3.51. The number of aryl methyl sites for hydroxylation is 1. The first-order valence-electron chi connectivity index (χ1n) is 7.98. The van der Waals surface area contributed by atoms with Crippen molar-refractivity contribution in [3.05, 3.63) is 70.3 Å². The average molecular weight is 390 g/mol. The zero-order valence-electron chi connectivity index (χ0n) is 14.2. The van der Waals surface area contributed by atoms with Gasteiger partial charge in [0.25, 0.3) is 5.91 Å². The number of amides is 1. The smallest absolute Gasteiger partial charge is 0.266 e. The fourth-order valence-electron chi connectivity index (χ4n) is 2.40. The third-order valence-electron chi connectivity index (χ3n) is 3.65. The largest absolute Gasteiger partial charge is 0.479 e. The minimum atomic E-state index is -0.756. The number of halogens is 2. The van der Waals surface area contributed by atoms with Gasteiger partial charge in [0.15, 0.2) is 6.10 Å². The maximum Gasteiger partial charge on any atom is 0.266 e. The zero-order chi connectivity index (χ0) is 18.7. The number of carbonyl (C=O) groups is 1. The van der Waals surface area contributed by atoms with Gasteiger partial charge in [-0.05, 0) is 44.2 Å². The highest BCUT2D eigenvalue weighted by Gasteiger charge is 2.19. The monoisotopic (exact) mass is 389 g/mol. The number of anilines is 1. The van der Waals surface area contributed by atoms with Crippen LogP contribution >= 0.6 is 23.2 Å². The van der Waals surface area contributed by atoms with Crippen LogP contribution in [0.2, 0.25) is 10.0 Å². The second-order valence-corrected chi connectivity index (χ2v) is 6.59. The lowest BCUT2D eigenvalue weighted by molar-refractivity contribution is -0.122. The predicted molar refractivity (Wildman–Crippen MR) is 103 cm³/mol. The van der Waals surface area contributed by atoms with E-state index < -0.39 is 6.10 Å². The van der Waals surface area contributed by atoms with E-state index in [-0.39, 0.29) is 5.91 Å². The molecule has 0 aliphatic heterocycles. The molecule has 2 aromatic carbocycles. The van der Waals surface area contributed by atoms with E-state index >= 15 is 0 Å². The maximum atomic E-state index is 12.5. The summed E-state index contributed by atoms with van der Waals surface area (Å²) < 4.78 is 7.33. The van der Waals surface area contributed by atoms with Crippen LogP contribution in [-0.2, 0) is 4.79 Å². The molecule has 1 atom stereocenters. The highest BCUT2D eigenvalue weighted by molar-refractivity contribution is 6.35. The van der Waals surface area contributed by atoms with Crippen molar-refractivity contribution < 1.29 is 9.53 Å². The van der Waals surface area contributed by atoms with E-state index in [0.29, 0.717) is 21.6 Å². The Hall–Kier alpha value is -2.50. The number of nitrogens with one attached hydrogen (secondary N) is 1. The molecular formula is C19H17Cl2N3O2. The summed E-state index contributed by atoms with van der Waals surface area (Å²) in [6, 6.07) is 16.2. The number of benzene rings is 2. The highest BCUT2D eigenvalue weighted by Crippen LogP contribution is 2.28. The third-order valence-corrected chi connectivity index (χ3v) is 4.18. The molecule has 1 aromatic heterocycles. The quantitative estimate of drug-likeness (QED) is 0.675. The Morgan fingerprint density at radius 2 is 1.88 bits per heavy atom. The summed E-state index contributed by atoms with van der Waals surface area (Å²) in [5.41, 5.74) is 1.64. The van der Waals surface area contributed by atoms with Gasteiger partial charge in [0.2, 0.25) is 0 Å². The molecule has 0 unspecified atom stereocenters. The van der Waals surface area contributed by atoms with Crippen molar-refractivity contribution in [1.29, 1.82) is 0 Å². The Labute approximate surface area is 161 Å². The van der Waals surface area contributed by atoms with Gasteiger partial charge in [-0.15, -0.1) is 0 Å². The molecule has 134 valence electrons. The first kappa shape index (κ1) is 18.3. The molecular weight excluding hydrogens is 373 g/mol. The SMILES string of the molecule is Cc1cc(NC(=O)[C@@H](C)Oc2ccc(Cl)cc2Cl)n(-c2ccccc2)n1. The van der Waals surface area contributed by atoms with Crippen molar-refractivity contribution in [3.8, 4) is 11.4 Å². The Morgan fingerprint density at radius 3 is 2.58 bits per heavy atom. The Kier molecular flexibility index (Phi) is 5.49. The topological polar surface area (TPSA) is 56.1 Å². The zero-order valence-corrected chi connectivity index (χ0v) is 15.8. The molecule has 0 radical (unpaired) electrons. The van der Waals surface area contributed by atoms with Crippen LogP contribution in [-0.4, -0.2) is 21.8 Å². The van der Waals surface area contributed by atoms with Gasteiger partial charge in [0.05, 0.1) is 16.4 Å². The molecule has 1 heterocycles. The van der Waals surface area contributed by atoms with Gasteiger partial charge in [-0.1, -0.05) is 41.4 Å². The van der Waals surface area contributed by atoms with Crippen LogP contribution in [0.25, 0.3) is 5.69 Å². The number of hydrogen-bond donors (Lipinski definition) is 1. The van der Waals surface area contributed by atoms with E-state index in [9.17, 15) is 4.79 Å². The molecule has 0 aliphatic carbocycles. The molecule has 0 fully saturated rings. The number of carbonyl (C=O) groups excluding carboxylic acids is 1. The van der Waals surface area contributed by atoms with Gasteiger partial charge in [-0.3, -0.25) is 4.79 Å². The first-order chi connectivity index (χ1) is 12.4. The van der Waals surface area contributed by atoms with E-state index in [4.69, 9.17) is 27.9 Å². The normalized spacial score (nSPS) is 11.8. The molecule has 1 amide bonds. The van der Waals surface area contributed by atoms with Gasteiger partial charge in [0.1, 0.15) is 11.6 Å². The summed E-state index contributed by atoms with van der Waals surface area (Å²) in [5, 5.41) is 8.13. The highest BCUT2D eigenvalue weighted by atomic mass is 35.5. The third kappa shape index (κ3) is 4.18. The Morgan fingerprint density at radius 1 is 1.15 bits per heavy atom. The van der Waals surface area contributed by atoms with Crippen LogP contribution < -0.4 is 10.1 Å². The molecule has 0 bridgehead atoms. The lowest BCUT2D eigenvalue weighted by Crippen LogP contribution is -2.31. The standard InChI is InChI=1S/C19H17Cl2N3O2/c1-12-10-18(24(23-12)15-6-4-3-5-7-15)22-19(25)13(2)26-17-9-8-14(20)11-16(17)21/h3-11,13H,1-2H3,(H,22,25)/t13-/m1/s1. The number of ether oxygens (including phenoxy) is 1. The molecule has 0 saturated heterocycles. The van der Waals surface area contributed by atoms with Crippen molar-refractivity contribution in [1.82, 2.24) is 9.78 Å². The second kappa shape index (κ2) is 7.81. The molecule has 0 saturated carbocycles. The van der Waals surface area contributed by atoms with Crippen molar-refractivity contribution in [2.75, 3.05) is 5.32 Å². The molecule has 3 rings (SSSR count). The lowest BCUT2D eigenvalue weighted by atomic mass is 10.3. The Balaban J connectivity index is 1.76. The minimum Gasteiger partial charge on any atom is -0.479 e. The second-order valence-electron chi connectivity index (χ2n) is 5.74. The summed E-state index contributed by atoms with van der Waals surface area (Å²) in [4.78, 5) is 12.5. The van der Waals surface area contributed by atoms with Gasteiger partial charge >= 0.3 is 0 Å². The average Bonchev–Trinajstić information content (AvgIpc) is 2.98. The van der Waals surface area contributed by atoms with Crippen LogP contribution in [0.3, 0.4) is 0 Å². The molecule has 0 aliphatic rings. The van der Waals surface area contributed by atoms with E-state index in [1.165, 1.54) is 0 Å². The molecule has 5 nitrogen and oxygen atoms in total. The van der Waals surface area contributed by atoms with E-state index in [0.717, 1.165) is 11.4 Å². The predicted octanol–water partition coefficient (Wildman–Crippen LogP) is 4.89. The number of aromatic nitrogens is 2. The fraction of sp³-hybridized carbons (Fsp3) is 0.158. The van der Waals surface area contributed by atoms with Crippen molar-refractivity contribution in [2.24, 2.45) is 0 Å². The number of hydrogen-bond acceptors (Lipinski definition) is 3. The lowest BCUT2D eigenvalue weighted by Gasteiger charge is -2.16. The molecule has 3 aromatic rings. The fourth-order valence-corrected chi connectivity index (χ4v) is 2.85. The summed E-state index contributed by atoms with van der Waals surface area (Å²) in [7, 11) is 0. The van der Waals surface area contributed by atoms with E-state index in [1.54, 1.807) is 35.9 Å². The number of para-hydroxylation sites is 1. The van der Waals surface area contributed by atoms with Gasteiger partial charge in [0, 0.05) is 11.1 Å². The van der Waals surface area contributed by atoms with Crippen LogP contribution in [0.1, 0.15) is 12.6 Å². The van der Waals surface area contributed by atoms with Crippen LogP contribution in [0.5, 0.6) is 5.75 Å². The van der Waals surface area contributed by atoms with E-state index in [2.05, 4.69) is 10.4 Å². The number of rotatable bonds is 5. The van der Waals surface area contributed by atoms with Crippen molar-refractivity contribution in [3.63, 3.8) is 0 Å². The molecule has 0 spiro atoms. The van der Waals surface area contributed by atoms with Gasteiger partial charge < -0.3 is 10.1 Å². The molecule has 1 N–H and O–H groups in total. The summed E-state index contributed by atoms with van der Waals surface area (Å²) in [5.74, 6) is 0.649.